The molecule has 0 unspecified atom stereocenters. The van der Waals surface area contributed by atoms with Crippen LogP contribution in [0.5, 0.6) is 17.2 Å². The molecule has 1 N–H and O–H groups in total. The van der Waals surface area contributed by atoms with Crippen molar-refractivity contribution in [3.8, 4) is 17.2 Å². The highest BCUT2D eigenvalue weighted by Gasteiger charge is 2.13. The molecule has 3 heteroatoms. The Kier molecular flexibility index (Phi) is 5.02. The van der Waals surface area contributed by atoms with Crippen LogP contribution in [0.4, 0.5) is 0 Å². The maximum absolute atomic E-state index is 10.0. The summed E-state index contributed by atoms with van der Waals surface area (Å²) in [7, 11) is 0. The molecule has 0 spiro atoms. The molecule has 2 aromatic carbocycles. The molecule has 2 aromatic rings. The van der Waals surface area contributed by atoms with Gasteiger partial charge in [0, 0.05) is 5.56 Å². The smallest absolute Gasteiger partial charge is 0.169 e. The number of aliphatic hydroxyl groups excluding tert-OH is 1. The molecule has 0 fully saturated rings. The number of benzene rings is 2. The molecule has 0 aromatic heterocycles. The van der Waals surface area contributed by atoms with Crippen molar-refractivity contribution in [3.05, 3.63) is 54.1 Å². The number of ether oxygens (including phenoxy) is 2. The lowest BCUT2D eigenvalue weighted by molar-refractivity contribution is 0.170. The lowest BCUT2D eigenvalue weighted by Crippen LogP contribution is -2.00. The second-order valence-corrected chi connectivity index (χ2v) is 4.44. The van der Waals surface area contributed by atoms with Crippen molar-refractivity contribution in [1.82, 2.24) is 0 Å². The highest BCUT2D eigenvalue weighted by molar-refractivity contribution is 5.45. The zero-order chi connectivity index (χ0) is 14.4. The van der Waals surface area contributed by atoms with E-state index < -0.39 is 6.10 Å². The number of para-hydroxylation sites is 3. The number of hydrogen-bond donors (Lipinski definition) is 1. The first-order chi connectivity index (χ1) is 9.76. The Morgan fingerprint density at radius 3 is 2.15 bits per heavy atom. The molecule has 1 atom stereocenters. The van der Waals surface area contributed by atoms with Gasteiger partial charge in [-0.3, -0.25) is 0 Å². The molecule has 3 nitrogen and oxygen atoms in total. The molecule has 0 saturated heterocycles. The fraction of sp³-hybridized carbons (Fsp3) is 0.294. The molecule has 0 aliphatic heterocycles. The Balaban J connectivity index is 2.30. The van der Waals surface area contributed by atoms with Gasteiger partial charge in [-0.05, 0) is 31.5 Å². The van der Waals surface area contributed by atoms with Crippen LogP contribution in [-0.4, -0.2) is 11.7 Å². The van der Waals surface area contributed by atoms with E-state index in [9.17, 15) is 5.11 Å². The fourth-order valence-electron chi connectivity index (χ4n) is 2.00. The first-order valence-electron chi connectivity index (χ1n) is 6.93. The van der Waals surface area contributed by atoms with E-state index in [4.69, 9.17) is 9.47 Å². The fourth-order valence-corrected chi connectivity index (χ4v) is 2.00. The molecule has 0 aliphatic carbocycles. The monoisotopic (exact) mass is 272 g/mol. The first kappa shape index (κ1) is 14.4. The molecule has 0 aliphatic rings. The average molecular weight is 272 g/mol. The Morgan fingerprint density at radius 2 is 1.50 bits per heavy atom. The summed E-state index contributed by atoms with van der Waals surface area (Å²) >= 11 is 0. The summed E-state index contributed by atoms with van der Waals surface area (Å²) in [6.45, 7) is 4.46. The summed E-state index contributed by atoms with van der Waals surface area (Å²) in [5.74, 6) is 2.02. The summed E-state index contributed by atoms with van der Waals surface area (Å²) < 4.78 is 11.5. The van der Waals surface area contributed by atoms with E-state index in [0.29, 0.717) is 30.3 Å². The van der Waals surface area contributed by atoms with Crippen molar-refractivity contribution in [3.63, 3.8) is 0 Å². The third-order valence-electron chi connectivity index (χ3n) is 3.03. The van der Waals surface area contributed by atoms with Gasteiger partial charge in [-0.1, -0.05) is 37.3 Å². The van der Waals surface area contributed by atoms with Gasteiger partial charge in [0.2, 0.25) is 0 Å². The average Bonchev–Trinajstić information content (AvgIpc) is 2.49. The molecule has 2 rings (SSSR count). The van der Waals surface area contributed by atoms with Gasteiger partial charge in [0.25, 0.3) is 0 Å². The normalized spacial score (nSPS) is 11.9. The lowest BCUT2D eigenvalue weighted by Gasteiger charge is -2.16. The number of rotatable bonds is 6. The molecule has 106 valence electrons. The van der Waals surface area contributed by atoms with Gasteiger partial charge in [-0.25, -0.2) is 0 Å². The summed E-state index contributed by atoms with van der Waals surface area (Å²) in [4.78, 5) is 0. The van der Waals surface area contributed by atoms with E-state index in [1.165, 1.54) is 0 Å². The van der Waals surface area contributed by atoms with E-state index in [-0.39, 0.29) is 0 Å². The van der Waals surface area contributed by atoms with Crippen molar-refractivity contribution in [2.24, 2.45) is 0 Å². The van der Waals surface area contributed by atoms with Crippen molar-refractivity contribution >= 4 is 0 Å². The first-order valence-corrected chi connectivity index (χ1v) is 6.93. The van der Waals surface area contributed by atoms with Crippen LogP contribution >= 0.6 is 0 Å². The van der Waals surface area contributed by atoms with Gasteiger partial charge in [-0.15, -0.1) is 0 Å². The van der Waals surface area contributed by atoms with Gasteiger partial charge in [0.1, 0.15) is 5.75 Å². The van der Waals surface area contributed by atoms with E-state index in [0.717, 1.165) is 5.56 Å². The molecular formula is C17H20O3. The molecule has 0 saturated carbocycles. The van der Waals surface area contributed by atoms with Crippen LogP contribution < -0.4 is 9.47 Å². The summed E-state index contributed by atoms with van der Waals surface area (Å²) in [6, 6.07) is 15.1. The second-order valence-electron chi connectivity index (χ2n) is 4.44. The predicted molar refractivity (Wildman–Crippen MR) is 79.4 cm³/mol. The highest BCUT2D eigenvalue weighted by Crippen LogP contribution is 2.35. The second kappa shape index (κ2) is 6.96. The van der Waals surface area contributed by atoms with Crippen molar-refractivity contribution in [1.29, 1.82) is 0 Å². The molecule has 0 radical (unpaired) electrons. The van der Waals surface area contributed by atoms with Crippen LogP contribution in [0.2, 0.25) is 0 Å². The molecular weight excluding hydrogens is 252 g/mol. The minimum atomic E-state index is -0.523. The van der Waals surface area contributed by atoms with Crippen molar-refractivity contribution in [2.45, 2.75) is 26.4 Å². The zero-order valence-electron chi connectivity index (χ0n) is 11.9. The van der Waals surface area contributed by atoms with Gasteiger partial charge >= 0.3 is 0 Å². The minimum Gasteiger partial charge on any atom is -0.490 e. The standard InChI is InChI=1S/C17H20O3/c1-3-14(18)13-9-5-6-10-15(13)20-17-12-8-7-11-16(17)19-4-2/h5-12,14,18H,3-4H2,1-2H3/t14-/m0/s1. The third kappa shape index (κ3) is 3.31. The summed E-state index contributed by atoms with van der Waals surface area (Å²) in [5.41, 5.74) is 0.793. The van der Waals surface area contributed by atoms with Crippen LogP contribution in [-0.2, 0) is 0 Å². The predicted octanol–water partition coefficient (Wildman–Crippen LogP) is 4.32. The van der Waals surface area contributed by atoms with Crippen LogP contribution in [0.3, 0.4) is 0 Å². The highest BCUT2D eigenvalue weighted by atomic mass is 16.5. The minimum absolute atomic E-state index is 0.523. The van der Waals surface area contributed by atoms with E-state index in [1.807, 2.05) is 62.4 Å². The zero-order valence-corrected chi connectivity index (χ0v) is 11.9. The molecule has 0 bridgehead atoms. The summed E-state index contributed by atoms with van der Waals surface area (Å²) in [5, 5.41) is 10.0. The molecule has 0 amide bonds. The van der Waals surface area contributed by atoms with E-state index >= 15 is 0 Å². The maximum Gasteiger partial charge on any atom is 0.169 e. The van der Waals surface area contributed by atoms with Gasteiger partial charge in [-0.2, -0.15) is 0 Å². The van der Waals surface area contributed by atoms with Crippen LogP contribution in [0.25, 0.3) is 0 Å². The lowest BCUT2D eigenvalue weighted by atomic mass is 10.1. The topological polar surface area (TPSA) is 38.7 Å². The Morgan fingerprint density at radius 1 is 0.900 bits per heavy atom. The number of hydrogen-bond acceptors (Lipinski definition) is 3. The van der Waals surface area contributed by atoms with Crippen molar-refractivity contribution in [2.75, 3.05) is 6.61 Å². The quantitative estimate of drug-likeness (QED) is 0.851. The molecule has 0 heterocycles. The summed E-state index contributed by atoms with van der Waals surface area (Å²) in [6.07, 6.45) is 0.124. The Hall–Kier alpha value is -2.00. The maximum atomic E-state index is 10.0. The molecule has 20 heavy (non-hydrogen) atoms. The van der Waals surface area contributed by atoms with Gasteiger partial charge < -0.3 is 14.6 Å². The van der Waals surface area contributed by atoms with Crippen LogP contribution in [0.1, 0.15) is 31.9 Å². The Labute approximate surface area is 119 Å². The van der Waals surface area contributed by atoms with Gasteiger partial charge in [0.15, 0.2) is 11.5 Å². The van der Waals surface area contributed by atoms with Gasteiger partial charge in [0.05, 0.1) is 12.7 Å². The van der Waals surface area contributed by atoms with E-state index in [2.05, 4.69) is 0 Å². The van der Waals surface area contributed by atoms with Crippen molar-refractivity contribution < 1.29 is 14.6 Å². The Bertz CT molecular complexity index is 551. The van der Waals surface area contributed by atoms with Crippen LogP contribution in [0.15, 0.2) is 48.5 Å². The third-order valence-corrected chi connectivity index (χ3v) is 3.03. The van der Waals surface area contributed by atoms with E-state index in [1.54, 1.807) is 0 Å². The largest absolute Gasteiger partial charge is 0.490 e. The SMILES string of the molecule is CCOc1ccccc1Oc1ccccc1[C@@H](O)CC. The van der Waals surface area contributed by atoms with Crippen LogP contribution in [0, 0.1) is 0 Å². The number of aliphatic hydroxyl groups is 1.